The van der Waals surface area contributed by atoms with Crippen molar-refractivity contribution in [3.8, 4) is 0 Å². The molecular formula is C14H26O5P+. The highest BCUT2D eigenvalue weighted by atomic mass is 31.1. The lowest BCUT2D eigenvalue weighted by Gasteiger charge is -2.15. The third-order valence-corrected chi connectivity index (χ3v) is 2.80. The number of carbonyl (C=O) groups excluding carboxylic acids is 2. The summed E-state index contributed by atoms with van der Waals surface area (Å²) in [6, 6.07) is 0. The summed E-state index contributed by atoms with van der Waals surface area (Å²) in [6.45, 7) is 11.1. The third kappa shape index (κ3) is 12.4. The van der Waals surface area contributed by atoms with Crippen molar-refractivity contribution < 1.29 is 23.2 Å². The summed E-state index contributed by atoms with van der Waals surface area (Å²) < 4.78 is 21.0. The second-order valence-corrected chi connectivity index (χ2v) is 8.29. The van der Waals surface area contributed by atoms with Crippen LogP contribution in [0.25, 0.3) is 0 Å². The molecule has 0 radical (unpaired) electrons. The average molecular weight is 305 g/mol. The molecule has 20 heavy (non-hydrogen) atoms. The van der Waals surface area contributed by atoms with Crippen LogP contribution in [0, 0.1) is 10.8 Å². The molecule has 0 aliphatic rings. The molecule has 0 saturated carbocycles. The van der Waals surface area contributed by atoms with Crippen molar-refractivity contribution in [3.63, 3.8) is 0 Å². The predicted octanol–water partition coefficient (Wildman–Crippen LogP) is 3.69. The normalized spacial score (nSPS) is 12.3. The molecule has 0 aromatic rings. The van der Waals surface area contributed by atoms with E-state index in [4.69, 9.17) is 9.05 Å². The summed E-state index contributed by atoms with van der Waals surface area (Å²) in [4.78, 5) is 23.0. The first-order chi connectivity index (χ1) is 8.89. The van der Waals surface area contributed by atoms with Gasteiger partial charge in [-0.05, 0) is 10.8 Å². The number of hydrogen-bond donors (Lipinski definition) is 0. The van der Waals surface area contributed by atoms with Crippen molar-refractivity contribution in [3.05, 3.63) is 0 Å². The zero-order valence-electron chi connectivity index (χ0n) is 13.3. The Morgan fingerprint density at radius 1 is 0.800 bits per heavy atom. The molecule has 6 heteroatoms. The maximum absolute atomic E-state index is 11.5. The number of Topliss-reactive ketones (excluding diaryl/α,β-unsaturated/α-hetero) is 2. The van der Waals surface area contributed by atoms with Crippen LogP contribution in [0.2, 0.25) is 0 Å². The lowest BCUT2D eigenvalue weighted by molar-refractivity contribution is -0.123. The molecule has 0 rings (SSSR count). The topological polar surface area (TPSA) is 69.7 Å². The van der Waals surface area contributed by atoms with Gasteiger partial charge in [-0.25, -0.2) is 0 Å². The number of ketones is 2. The van der Waals surface area contributed by atoms with Gasteiger partial charge in [-0.3, -0.25) is 9.59 Å². The zero-order valence-corrected chi connectivity index (χ0v) is 14.2. The van der Waals surface area contributed by atoms with Crippen molar-refractivity contribution in [1.82, 2.24) is 0 Å². The molecular weight excluding hydrogens is 279 g/mol. The Labute approximate surface area is 122 Å². The molecule has 0 atom stereocenters. The number of rotatable bonds is 8. The fraction of sp³-hybridized carbons (Fsp3) is 0.857. The van der Waals surface area contributed by atoms with Crippen molar-refractivity contribution in [1.29, 1.82) is 0 Å². The second-order valence-electron chi connectivity index (χ2n) is 7.32. The van der Waals surface area contributed by atoms with Crippen LogP contribution < -0.4 is 0 Å². The zero-order chi connectivity index (χ0) is 16.0. The molecule has 0 spiro atoms. The third-order valence-electron chi connectivity index (χ3n) is 2.12. The van der Waals surface area contributed by atoms with Gasteiger partial charge in [-0.15, -0.1) is 9.05 Å². The Bertz CT molecular complexity index is 329. The highest BCUT2D eigenvalue weighted by Crippen LogP contribution is 2.26. The lowest BCUT2D eigenvalue weighted by atomic mass is 9.90. The Balaban J connectivity index is 3.91. The van der Waals surface area contributed by atoms with E-state index in [0.717, 1.165) is 0 Å². The molecule has 0 saturated heterocycles. The van der Waals surface area contributed by atoms with E-state index in [0.29, 0.717) is 12.8 Å². The van der Waals surface area contributed by atoms with Crippen LogP contribution >= 0.6 is 8.25 Å². The molecule has 0 aromatic carbocycles. The van der Waals surface area contributed by atoms with Crippen LogP contribution in [0.1, 0.15) is 54.4 Å². The highest BCUT2D eigenvalue weighted by Gasteiger charge is 2.26. The number of carbonyl (C=O) groups is 2. The van der Waals surface area contributed by atoms with E-state index < -0.39 is 8.25 Å². The minimum Gasteiger partial charge on any atom is -0.297 e. The molecule has 0 N–H and O–H groups in total. The summed E-state index contributed by atoms with van der Waals surface area (Å²) in [5.41, 5.74) is -0.259. The fourth-order valence-electron chi connectivity index (χ4n) is 1.57. The summed E-state index contributed by atoms with van der Waals surface area (Å²) in [6.07, 6.45) is 0.693. The maximum atomic E-state index is 11.5. The van der Waals surface area contributed by atoms with Gasteiger partial charge >= 0.3 is 8.25 Å². The van der Waals surface area contributed by atoms with E-state index in [1.54, 1.807) is 0 Å². The SMILES string of the molecule is CC(C)(C)CC(=O)CO[P+](=O)OCC(=O)CC(C)(C)C. The quantitative estimate of drug-likeness (QED) is 0.640. The van der Waals surface area contributed by atoms with Crippen molar-refractivity contribution in [2.45, 2.75) is 54.4 Å². The van der Waals surface area contributed by atoms with E-state index in [-0.39, 0.29) is 35.6 Å². The standard InChI is InChI=1S/C14H26O5P/c1-13(2,3)7-11(15)9-18-20(17)19-10-12(16)8-14(4,5)6/h7-10H2,1-6H3/q+1. The predicted molar refractivity (Wildman–Crippen MR) is 77.7 cm³/mol. The summed E-state index contributed by atoms with van der Waals surface area (Å²) in [7, 11) is -2.42. The van der Waals surface area contributed by atoms with Crippen LogP contribution in [0.5, 0.6) is 0 Å². The lowest BCUT2D eigenvalue weighted by Crippen LogP contribution is -2.17. The molecule has 116 valence electrons. The van der Waals surface area contributed by atoms with Crippen molar-refractivity contribution in [2.24, 2.45) is 10.8 Å². The van der Waals surface area contributed by atoms with Crippen molar-refractivity contribution >= 4 is 19.8 Å². The van der Waals surface area contributed by atoms with E-state index in [9.17, 15) is 14.2 Å². The summed E-state index contributed by atoms with van der Waals surface area (Å²) >= 11 is 0. The van der Waals surface area contributed by atoms with Crippen molar-refractivity contribution in [2.75, 3.05) is 13.2 Å². The van der Waals surface area contributed by atoms with E-state index >= 15 is 0 Å². The maximum Gasteiger partial charge on any atom is 0.698 e. The second kappa shape index (κ2) is 7.96. The molecule has 0 unspecified atom stereocenters. The summed E-state index contributed by atoms with van der Waals surface area (Å²) in [5, 5.41) is 0. The van der Waals surface area contributed by atoms with E-state index in [1.165, 1.54) is 0 Å². The van der Waals surface area contributed by atoms with Gasteiger partial charge in [0.2, 0.25) is 0 Å². The minimum atomic E-state index is -2.42. The monoisotopic (exact) mass is 305 g/mol. The molecule has 0 aliphatic carbocycles. The molecule has 5 nitrogen and oxygen atoms in total. The van der Waals surface area contributed by atoms with Crippen LogP contribution in [-0.2, 0) is 23.2 Å². The Morgan fingerprint density at radius 2 is 1.10 bits per heavy atom. The van der Waals surface area contributed by atoms with Crippen LogP contribution in [0.3, 0.4) is 0 Å². The molecule has 0 aromatic heterocycles. The van der Waals surface area contributed by atoms with Gasteiger partial charge in [0.15, 0.2) is 24.8 Å². The Morgan fingerprint density at radius 3 is 1.35 bits per heavy atom. The molecule has 0 fully saturated rings. The minimum absolute atomic E-state index is 0.129. The van der Waals surface area contributed by atoms with Gasteiger partial charge in [0.25, 0.3) is 0 Å². The molecule has 0 aliphatic heterocycles. The van der Waals surface area contributed by atoms with Gasteiger partial charge in [0.1, 0.15) is 0 Å². The summed E-state index contributed by atoms with van der Waals surface area (Å²) in [5.74, 6) is -0.268. The van der Waals surface area contributed by atoms with Crippen LogP contribution in [0.15, 0.2) is 0 Å². The molecule has 0 heterocycles. The van der Waals surface area contributed by atoms with Crippen LogP contribution in [-0.4, -0.2) is 24.8 Å². The first kappa shape index (κ1) is 19.4. The molecule has 0 bridgehead atoms. The number of hydrogen-bond acceptors (Lipinski definition) is 5. The van der Waals surface area contributed by atoms with Gasteiger partial charge in [0.05, 0.1) is 0 Å². The smallest absolute Gasteiger partial charge is 0.297 e. The largest absolute Gasteiger partial charge is 0.698 e. The Hall–Kier alpha value is -0.640. The van der Waals surface area contributed by atoms with E-state index in [1.807, 2.05) is 41.5 Å². The first-order valence-electron chi connectivity index (χ1n) is 6.65. The fourth-order valence-corrected chi connectivity index (χ4v) is 2.15. The first-order valence-corrected chi connectivity index (χ1v) is 7.75. The Kier molecular flexibility index (Phi) is 7.71. The van der Waals surface area contributed by atoms with Gasteiger partial charge in [0, 0.05) is 17.4 Å². The van der Waals surface area contributed by atoms with Gasteiger partial charge < -0.3 is 0 Å². The van der Waals surface area contributed by atoms with Gasteiger partial charge in [-0.1, -0.05) is 41.5 Å². The molecule has 0 amide bonds. The highest BCUT2D eigenvalue weighted by molar-refractivity contribution is 7.33. The average Bonchev–Trinajstić information content (AvgIpc) is 2.18. The van der Waals surface area contributed by atoms with E-state index in [2.05, 4.69) is 0 Å². The van der Waals surface area contributed by atoms with Crippen LogP contribution in [0.4, 0.5) is 0 Å². The van der Waals surface area contributed by atoms with Gasteiger partial charge in [-0.2, -0.15) is 0 Å².